The number of nitrogens with one attached hydrogen (secondary N) is 1. The number of ether oxygens (including phenoxy) is 1. The summed E-state index contributed by atoms with van der Waals surface area (Å²) < 4.78 is 5.15. The molecule has 0 saturated carbocycles. The first-order valence-corrected chi connectivity index (χ1v) is 7.64. The third kappa shape index (κ3) is 3.60. The van der Waals surface area contributed by atoms with E-state index in [1.807, 2.05) is 49.4 Å². The highest BCUT2D eigenvalue weighted by Crippen LogP contribution is 2.20. The number of carbonyl (C=O) groups is 1. The molecule has 0 aliphatic carbocycles. The lowest BCUT2D eigenvalue weighted by Crippen LogP contribution is -2.12. The number of aromatic nitrogens is 1. The van der Waals surface area contributed by atoms with Crippen molar-refractivity contribution in [3.63, 3.8) is 0 Å². The molecule has 3 rings (SSSR count). The van der Waals surface area contributed by atoms with Crippen molar-refractivity contribution in [2.75, 3.05) is 12.4 Å². The van der Waals surface area contributed by atoms with Crippen LogP contribution in [0.1, 0.15) is 15.9 Å². The fourth-order valence-electron chi connectivity index (χ4n) is 2.41. The molecule has 1 amide bonds. The Morgan fingerprint density at radius 3 is 2.58 bits per heavy atom. The summed E-state index contributed by atoms with van der Waals surface area (Å²) in [7, 11) is 1.59. The molecule has 2 aromatic carbocycles. The van der Waals surface area contributed by atoms with Gasteiger partial charge in [-0.2, -0.15) is 0 Å². The van der Waals surface area contributed by atoms with Gasteiger partial charge in [-0.15, -0.1) is 0 Å². The molecule has 3 aromatic rings. The summed E-state index contributed by atoms with van der Waals surface area (Å²) in [6, 6.07) is 19.0. The van der Waals surface area contributed by atoms with E-state index < -0.39 is 0 Å². The van der Waals surface area contributed by atoms with Crippen LogP contribution in [-0.2, 0) is 0 Å². The van der Waals surface area contributed by atoms with Crippen LogP contribution >= 0.6 is 0 Å². The molecular formula is C20H18N2O2. The number of amides is 1. The summed E-state index contributed by atoms with van der Waals surface area (Å²) in [6.07, 6.45) is 1.59. The molecule has 0 aliphatic heterocycles. The first-order valence-electron chi connectivity index (χ1n) is 7.64. The number of methoxy groups -OCH3 is 1. The molecule has 0 fully saturated rings. The van der Waals surface area contributed by atoms with Gasteiger partial charge in [0.1, 0.15) is 5.75 Å². The SMILES string of the molecule is COc1cccc(NC(=O)c2ccc(-c3cccc(C)c3)nc2)c1. The van der Waals surface area contributed by atoms with Crippen molar-refractivity contribution in [1.29, 1.82) is 0 Å². The van der Waals surface area contributed by atoms with E-state index in [1.165, 1.54) is 5.56 Å². The molecule has 0 aliphatic rings. The Bertz CT molecular complexity index is 858. The highest BCUT2D eigenvalue weighted by molar-refractivity contribution is 6.04. The summed E-state index contributed by atoms with van der Waals surface area (Å²) in [5.41, 5.74) is 4.25. The molecule has 0 unspecified atom stereocenters. The second-order valence-corrected chi connectivity index (χ2v) is 5.49. The van der Waals surface area contributed by atoms with Gasteiger partial charge < -0.3 is 10.1 Å². The van der Waals surface area contributed by atoms with Crippen LogP contribution in [0, 0.1) is 6.92 Å². The molecule has 4 heteroatoms. The summed E-state index contributed by atoms with van der Waals surface area (Å²) >= 11 is 0. The van der Waals surface area contributed by atoms with E-state index in [1.54, 1.807) is 25.4 Å². The largest absolute Gasteiger partial charge is 0.497 e. The van der Waals surface area contributed by atoms with Gasteiger partial charge in [0.05, 0.1) is 18.4 Å². The molecule has 0 spiro atoms. The topological polar surface area (TPSA) is 51.2 Å². The molecule has 24 heavy (non-hydrogen) atoms. The van der Waals surface area contributed by atoms with Crippen molar-refractivity contribution < 1.29 is 9.53 Å². The number of nitrogens with zero attached hydrogens (tertiary/aromatic N) is 1. The molecule has 1 aromatic heterocycles. The van der Waals surface area contributed by atoms with E-state index in [9.17, 15) is 4.79 Å². The zero-order chi connectivity index (χ0) is 16.9. The van der Waals surface area contributed by atoms with E-state index >= 15 is 0 Å². The first-order chi connectivity index (χ1) is 11.7. The maximum atomic E-state index is 12.3. The number of aryl methyl sites for hydroxylation is 1. The van der Waals surface area contributed by atoms with E-state index in [-0.39, 0.29) is 5.91 Å². The zero-order valence-electron chi connectivity index (χ0n) is 13.6. The second kappa shape index (κ2) is 6.96. The summed E-state index contributed by atoms with van der Waals surface area (Å²) in [4.78, 5) is 16.7. The minimum atomic E-state index is -0.202. The van der Waals surface area contributed by atoms with Crippen molar-refractivity contribution in [2.24, 2.45) is 0 Å². The summed E-state index contributed by atoms with van der Waals surface area (Å²) in [5.74, 6) is 0.493. The van der Waals surface area contributed by atoms with Gasteiger partial charge >= 0.3 is 0 Å². The lowest BCUT2D eigenvalue weighted by atomic mass is 10.1. The highest BCUT2D eigenvalue weighted by atomic mass is 16.5. The van der Waals surface area contributed by atoms with Crippen molar-refractivity contribution in [1.82, 2.24) is 4.98 Å². The van der Waals surface area contributed by atoms with Crippen molar-refractivity contribution in [2.45, 2.75) is 6.92 Å². The Morgan fingerprint density at radius 1 is 1.04 bits per heavy atom. The average Bonchev–Trinajstić information content (AvgIpc) is 2.62. The average molecular weight is 318 g/mol. The van der Waals surface area contributed by atoms with Crippen LogP contribution < -0.4 is 10.1 Å². The molecule has 120 valence electrons. The van der Waals surface area contributed by atoms with Crippen LogP contribution in [0.25, 0.3) is 11.3 Å². The Hall–Kier alpha value is -3.14. The molecule has 0 saturated heterocycles. The van der Waals surface area contributed by atoms with Crippen molar-refractivity contribution >= 4 is 11.6 Å². The standard InChI is InChI=1S/C20H18N2O2/c1-14-5-3-6-15(11-14)19-10-9-16(13-21-19)20(23)22-17-7-4-8-18(12-17)24-2/h3-13H,1-2H3,(H,22,23). The van der Waals surface area contributed by atoms with Gasteiger partial charge in [-0.1, -0.05) is 29.8 Å². The fourth-order valence-corrected chi connectivity index (χ4v) is 2.41. The summed E-state index contributed by atoms with van der Waals surface area (Å²) in [5, 5.41) is 2.84. The Kier molecular flexibility index (Phi) is 4.57. The smallest absolute Gasteiger partial charge is 0.257 e. The molecule has 4 nitrogen and oxygen atoms in total. The van der Waals surface area contributed by atoms with Crippen LogP contribution in [0.4, 0.5) is 5.69 Å². The maximum Gasteiger partial charge on any atom is 0.257 e. The quantitative estimate of drug-likeness (QED) is 0.779. The molecule has 1 heterocycles. The van der Waals surface area contributed by atoms with Gasteiger partial charge in [-0.25, -0.2) is 0 Å². The van der Waals surface area contributed by atoms with Crippen LogP contribution in [0.3, 0.4) is 0 Å². The van der Waals surface area contributed by atoms with Gasteiger partial charge in [0, 0.05) is 23.5 Å². The first kappa shape index (κ1) is 15.7. The predicted octanol–water partition coefficient (Wildman–Crippen LogP) is 4.32. The minimum Gasteiger partial charge on any atom is -0.497 e. The fraction of sp³-hybridized carbons (Fsp3) is 0.100. The Balaban J connectivity index is 1.76. The Labute approximate surface area is 141 Å². The van der Waals surface area contributed by atoms with Gasteiger partial charge in [0.25, 0.3) is 5.91 Å². The molecule has 0 bridgehead atoms. The third-order valence-electron chi connectivity index (χ3n) is 3.67. The van der Waals surface area contributed by atoms with Gasteiger partial charge in [0.15, 0.2) is 0 Å². The normalized spacial score (nSPS) is 10.2. The second-order valence-electron chi connectivity index (χ2n) is 5.49. The van der Waals surface area contributed by atoms with Crippen LogP contribution in [0.15, 0.2) is 66.9 Å². The van der Waals surface area contributed by atoms with E-state index in [2.05, 4.69) is 16.4 Å². The monoisotopic (exact) mass is 318 g/mol. The van der Waals surface area contributed by atoms with Crippen molar-refractivity contribution in [3.05, 3.63) is 78.0 Å². The van der Waals surface area contributed by atoms with Gasteiger partial charge in [-0.3, -0.25) is 9.78 Å². The van der Waals surface area contributed by atoms with E-state index in [4.69, 9.17) is 4.74 Å². The zero-order valence-corrected chi connectivity index (χ0v) is 13.6. The van der Waals surface area contributed by atoms with Crippen LogP contribution in [0.2, 0.25) is 0 Å². The molecular weight excluding hydrogens is 300 g/mol. The lowest BCUT2D eigenvalue weighted by Gasteiger charge is -2.08. The minimum absolute atomic E-state index is 0.202. The number of anilines is 1. The predicted molar refractivity (Wildman–Crippen MR) is 95.4 cm³/mol. The van der Waals surface area contributed by atoms with Gasteiger partial charge in [-0.05, 0) is 37.3 Å². The van der Waals surface area contributed by atoms with Gasteiger partial charge in [0.2, 0.25) is 0 Å². The molecule has 0 atom stereocenters. The lowest BCUT2D eigenvalue weighted by molar-refractivity contribution is 0.102. The number of hydrogen-bond donors (Lipinski definition) is 1. The number of carbonyl (C=O) groups excluding carboxylic acids is 1. The number of pyridine rings is 1. The highest BCUT2D eigenvalue weighted by Gasteiger charge is 2.08. The number of hydrogen-bond acceptors (Lipinski definition) is 3. The van der Waals surface area contributed by atoms with Crippen LogP contribution in [0.5, 0.6) is 5.75 Å². The van der Waals surface area contributed by atoms with E-state index in [0.717, 1.165) is 11.3 Å². The summed E-state index contributed by atoms with van der Waals surface area (Å²) in [6.45, 7) is 2.04. The van der Waals surface area contributed by atoms with Crippen molar-refractivity contribution in [3.8, 4) is 17.0 Å². The number of benzene rings is 2. The molecule has 0 radical (unpaired) electrons. The number of rotatable bonds is 4. The van der Waals surface area contributed by atoms with Crippen LogP contribution in [-0.4, -0.2) is 18.0 Å². The molecule has 1 N–H and O–H groups in total. The maximum absolute atomic E-state index is 12.3. The van der Waals surface area contributed by atoms with E-state index in [0.29, 0.717) is 17.0 Å². The Morgan fingerprint density at radius 2 is 1.88 bits per heavy atom. The third-order valence-corrected chi connectivity index (χ3v) is 3.67.